The molecule has 57 heavy (non-hydrogen) atoms. The summed E-state index contributed by atoms with van der Waals surface area (Å²) >= 11 is 0. The van der Waals surface area contributed by atoms with Gasteiger partial charge < -0.3 is 43.8 Å². The van der Waals surface area contributed by atoms with Gasteiger partial charge >= 0.3 is 36.1 Å². The summed E-state index contributed by atoms with van der Waals surface area (Å²) in [5.41, 5.74) is 2.86. The number of rotatable bonds is 25. The molecule has 2 amide bonds. The molecule has 0 saturated heterocycles. The zero-order valence-corrected chi connectivity index (χ0v) is 32.7. The first-order valence-corrected chi connectivity index (χ1v) is 18.8. The van der Waals surface area contributed by atoms with Crippen molar-refractivity contribution in [3.8, 4) is 0 Å². The zero-order valence-electron chi connectivity index (χ0n) is 32.7. The molecule has 5 atom stereocenters. The molecule has 0 aromatic heterocycles. The number of anilines is 2. The van der Waals surface area contributed by atoms with Crippen LogP contribution >= 0.6 is 0 Å². The fourth-order valence-corrected chi connectivity index (χ4v) is 5.45. The van der Waals surface area contributed by atoms with E-state index in [-0.39, 0.29) is 64.2 Å². The molecular formula is C40H53N2O15-. The van der Waals surface area contributed by atoms with Gasteiger partial charge in [-0.2, -0.15) is 0 Å². The Kier molecular flexibility index (Phi) is 21.2. The third-order valence-corrected chi connectivity index (χ3v) is 8.97. The predicted octanol–water partition coefficient (Wildman–Crippen LogP) is 3.94. The molecule has 0 saturated carbocycles. The summed E-state index contributed by atoms with van der Waals surface area (Å²) in [6, 6.07) is 14.1. The quantitative estimate of drug-likeness (QED) is 0.0630. The number of carboxylic acids is 2. The van der Waals surface area contributed by atoms with Gasteiger partial charge in [-0.25, -0.2) is 9.59 Å². The van der Waals surface area contributed by atoms with E-state index < -0.39 is 72.8 Å². The first kappa shape index (κ1) is 47.4. The predicted molar refractivity (Wildman–Crippen MR) is 201 cm³/mol. The van der Waals surface area contributed by atoms with Crippen LogP contribution in [0.5, 0.6) is 0 Å². The molecule has 0 bridgehead atoms. The number of carbonyl (C=O) groups excluding carboxylic acids is 6. The molecule has 0 aliphatic carbocycles. The van der Waals surface area contributed by atoms with Crippen LogP contribution in [-0.4, -0.2) is 91.9 Å². The number of aliphatic hydroxyl groups excluding tert-OH is 1. The van der Waals surface area contributed by atoms with Crippen molar-refractivity contribution in [1.82, 2.24) is 0 Å². The summed E-state index contributed by atoms with van der Waals surface area (Å²) in [5, 5.41) is 35.6. The van der Waals surface area contributed by atoms with Crippen LogP contribution in [0, 0.1) is 29.6 Å². The van der Waals surface area contributed by atoms with E-state index in [2.05, 4.69) is 10.6 Å². The summed E-state index contributed by atoms with van der Waals surface area (Å²) in [6.07, 6.45) is -0.927. The van der Waals surface area contributed by atoms with Crippen molar-refractivity contribution in [3.63, 3.8) is 0 Å². The minimum atomic E-state index is -1.54. The normalized spacial score (nSPS) is 13.4. The Morgan fingerprint density at radius 3 is 1.46 bits per heavy atom. The molecule has 0 radical (unpaired) electrons. The van der Waals surface area contributed by atoms with Crippen LogP contribution in [-0.2, 0) is 54.1 Å². The summed E-state index contributed by atoms with van der Waals surface area (Å²) in [5.74, 6) is -9.26. The van der Waals surface area contributed by atoms with E-state index in [0.717, 1.165) is 11.1 Å². The maximum Gasteiger partial charge on any atom is 0.411 e. The van der Waals surface area contributed by atoms with Gasteiger partial charge in [-0.3, -0.25) is 29.8 Å². The maximum atomic E-state index is 12.7. The highest BCUT2D eigenvalue weighted by molar-refractivity contribution is 5.85. The third kappa shape index (κ3) is 18.2. The van der Waals surface area contributed by atoms with Gasteiger partial charge in [0.25, 0.3) is 0 Å². The summed E-state index contributed by atoms with van der Waals surface area (Å²) in [7, 11) is 0. The molecule has 0 aliphatic heterocycles. The lowest BCUT2D eigenvalue weighted by Crippen LogP contribution is -2.37. The molecular weight excluding hydrogens is 748 g/mol. The van der Waals surface area contributed by atoms with Crippen LogP contribution in [0.4, 0.5) is 21.0 Å². The average Bonchev–Trinajstić information content (AvgIpc) is 3.18. The molecule has 5 unspecified atom stereocenters. The van der Waals surface area contributed by atoms with Gasteiger partial charge in [-0.15, -0.1) is 0 Å². The Morgan fingerprint density at radius 1 is 0.579 bits per heavy atom. The molecule has 2 aromatic rings. The second-order valence-corrected chi connectivity index (χ2v) is 13.4. The minimum Gasteiger partial charge on any atom is -0.550 e. The van der Waals surface area contributed by atoms with Crippen molar-refractivity contribution < 1.29 is 72.6 Å². The van der Waals surface area contributed by atoms with Crippen molar-refractivity contribution in [2.24, 2.45) is 29.6 Å². The standard InChI is InChI=1S/C40H54N2O15/c1-5-25(3)36(48)54-17-19-56-39(51)41-32-11-7-27(8-12-32)22-28-9-13-33(14-10-28)42-40(52)57-20-18-55-38(50)29(6-2)23-31(35(46)47)24-30(34(44)45)21-26(4)37(49)53-16-15-43/h7-14,25-26,29-31,43H,5-6,15-24H2,1-4H3,(H,41,51)(H,42,52)(H,44,45)(H,46,47)/p-1. The Morgan fingerprint density at radius 2 is 1.02 bits per heavy atom. The van der Waals surface area contributed by atoms with Gasteiger partial charge in [-0.1, -0.05) is 52.0 Å². The van der Waals surface area contributed by atoms with E-state index in [1.807, 2.05) is 31.2 Å². The largest absolute Gasteiger partial charge is 0.550 e. The lowest BCUT2D eigenvalue weighted by molar-refractivity contribution is -0.312. The van der Waals surface area contributed by atoms with Crippen molar-refractivity contribution in [2.75, 3.05) is 50.3 Å². The number of esters is 3. The van der Waals surface area contributed by atoms with Crippen molar-refractivity contribution in [3.05, 3.63) is 59.7 Å². The number of carboxylic acid groups (broad SMARTS) is 2. The van der Waals surface area contributed by atoms with E-state index in [1.54, 1.807) is 38.1 Å². The van der Waals surface area contributed by atoms with Crippen LogP contribution in [0.1, 0.15) is 70.9 Å². The smallest absolute Gasteiger partial charge is 0.411 e. The molecule has 314 valence electrons. The van der Waals surface area contributed by atoms with E-state index in [0.29, 0.717) is 24.2 Å². The zero-order chi connectivity index (χ0) is 42.3. The molecule has 2 aromatic carbocycles. The van der Waals surface area contributed by atoms with Crippen LogP contribution < -0.4 is 15.7 Å². The lowest BCUT2D eigenvalue weighted by Gasteiger charge is -2.26. The molecule has 0 aliphatic rings. The molecule has 0 heterocycles. The number of amides is 2. The highest BCUT2D eigenvalue weighted by Crippen LogP contribution is 2.27. The number of hydrogen-bond donors (Lipinski definition) is 4. The van der Waals surface area contributed by atoms with Crippen LogP contribution in [0.25, 0.3) is 0 Å². The first-order valence-electron chi connectivity index (χ1n) is 18.8. The van der Waals surface area contributed by atoms with Crippen LogP contribution in [0.15, 0.2) is 48.5 Å². The summed E-state index contributed by atoms with van der Waals surface area (Å²) in [4.78, 5) is 84.6. The molecule has 17 nitrogen and oxygen atoms in total. The maximum absolute atomic E-state index is 12.7. The van der Waals surface area contributed by atoms with Crippen molar-refractivity contribution >= 4 is 53.4 Å². The molecule has 17 heteroatoms. The lowest BCUT2D eigenvalue weighted by atomic mass is 9.82. The van der Waals surface area contributed by atoms with Crippen LogP contribution in [0.2, 0.25) is 0 Å². The second-order valence-electron chi connectivity index (χ2n) is 13.4. The van der Waals surface area contributed by atoms with E-state index >= 15 is 0 Å². The molecule has 4 N–H and O–H groups in total. The molecule has 0 spiro atoms. The Labute approximate surface area is 331 Å². The van der Waals surface area contributed by atoms with E-state index in [4.69, 9.17) is 28.8 Å². The van der Waals surface area contributed by atoms with E-state index in [9.17, 15) is 43.8 Å². The summed E-state index contributed by atoms with van der Waals surface area (Å²) < 4.78 is 25.2. The van der Waals surface area contributed by atoms with Gasteiger partial charge in [0.05, 0.1) is 30.3 Å². The Bertz CT molecular complexity index is 1610. The van der Waals surface area contributed by atoms with Gasteiger partial charge in [0.1, 0.15) is 33.0 Å². The Hall–Kier alpha value is -5.71. The molecule has 0 fully saturated rings. The average molecular weight is 802 g/mol. The van der Waals surface area contributed by atoms with E-state index in [1.165, 1.54) is 6.92 Å². The van der Waals surface area contributed by atoms with Gasteiger partial charge in [0, 0.05) is 23.3 Å². The van der Waals surface area contributed by atoms with Gasteiger partial charge in [0.2, 0.25) is 0 Å². The number of ether oxygens (including phenoxy) is 5. The topological polar surface area (TPSA) is 253 Å². The highest BCUT2D eigenvalue weighted by Gasteiger charge is 2.31. The second kappa shape index (κ2) is 25.4. The number of hydrogen-bond acceptors (Lipinski definition) is 14. The number of carbonyl (C=O) groups is 7. The fourth-order valence-electron chi connectivity index (χ4n) is 5.45. The minimum absolute atomic E-state index is 0.0263. The number of aliphatic hydroxyl groups is 1. The van der Waals surface area contributed by atoms with Crippen molar-refractivity contribution in [2.45, 2.75) is 66.2 Å². The highest BCUT2D eigenvalue weighted by atomic mass is 16.6. The fraction of sp³-hybridized carbons (Fsp3) is 0.525. The SMILES string of the molecule is CCC(C)C(=O)OCCOC(=O)Nc1ccc(Cc2ccc(NC(=O)OCCOC(=O)C(CC)CC(CC(CC(C)C(=O)OCCO)C(=O)[O-])C(=O)O)cc2)cc1. The number of aliphatic carboxylic acids is 2. The first-order chi connectivity index (χ1) is 27.2. The number of benzene rings is 2. The van der Waals surface area contributed by atoms with Crippen molar-refractivity contribution in [1.29, 1.82) is 0 Å². The molecule has 2 rings (SSSR count). The summed E-state index contributed by atoms with van der Waals surface area (Å²) in [6.45, 7) is 5.35. The van der Waals surface area contributed by atoms with Gasteiger partial charge in [-0.05, 0) is 73.9 Å². The monoisotopic (exact) mass is 801 g/mol. The third-order valence-electron chi connectivity index (χ3n) is 8.97. The number of nitrogens with one attached hydrogen (secondary N) is 2. The van der Waals surface area contributed by atoms with Gasteiger partial charge in [0.15, 0.2) is 0 Å². The van der Waals surface area contributed by atoms with Crippen LogP contribution in [0.3, 0.4) is 0 Å². The Balaban J connectivity index is 1.76.